The second-order valence-electron chi connectivity index (χ2n) is 11.3. The maximum absolute atomic E-state index is 5.16. The third-order valence-electron chi connectivity index (χ3n) is 8.58. The van der Waals surface area contributed by atoms with Gasteiger partial charge in [0.05, 0.1) is 23.1 Å². The molecule has 45 heavy (non-hydrogen) atoms. The Balaban J connectivity index is 1.44. The predicted molar refractivity (Wildman–Crippen MR) is 189 cm³/mol. The van der Waals surface area contributed by atoms with E-state index in [0.29, 0.717) is 18.3 Å². The third kappa shape index (κ3) is 4.70. The zero-order valence-electron chi connectivity index (χ0n) is 24.8. The molecule has 2 heterocycles. The quantitative estimate of drug-likeness (QED) is 0.147. The number of allylic oxidation sites excluding steroid dienone is 1. The molecule has 0 bridgehead atoms. The van der Waals surface area contributed by atoms with Crippen LogP contribution >= 0.6 is 0 Å². The Morgan fingerprint density at radius 1 is 0.689 bits per heavy atom. The molecular weight excluding hydrogens is 550 g/mol. The molecule has 5 aromatic carbocycles. The van der Waals surface area contributed by atoms with Crippen molar-refractivity contribution >= 4 is 57.3 Å². The summed E-state index contributed by atoms with van der Waals surface area (Å²) in [7, 11) is 0. The molecule has 8 rings (SSSR count). The lowest BCUT2D eigenvalue weighted by atomic mass is 10.0. The molecule has 0 N–H and O–H groups in total. The zero-order valence-corrected chi connectivity index (χ0v) is 24.8. The molecule has 0 amide bonds. The number of hydrogen-bond acceptors (Lipinski definition) is 1. The first-order valence-electron chi connectivity index (χ1n) is 15.3. The molecule has 0 saturated heterocycles. The van der Waals surface area contributed by atoms with Crippen LogP contribution in [0.4, 0.5) is 0 Å². The first-order chi connectivity index (χ1) is 22.3. The van der Waals surface area contributed by atoms with Crippen LogP contribution in [-0.4, -0.2) is 27.6 Å². The SMILES string of the molecule is C=NC(=NC(=NCc1ccccc1)n1c2ccccc2c2cc3c(cc21)c1c(n3-c2ccccc2)CCC=C1)c1ccccc1. The van der Waals surface area contributed by atoms with Gasteiger partial charge >= 0.3 is 0 Å². The Bertz CT molecular complexity index is 2290. The fourth-order valence-corrected chi connectivity index (χ4v) is 6.54. The number of rotatable bonds is 4. The molecule has 7 aromatic rings. The molecule has 0 unspecified atom stereocenters. The van der Waals surface area contributed by atoms with E-state index in [1.165, 1.54) is 27.8 Å². The maximum Gasteiger partial charge on any atom is 0.232 e. The summed E-state index contributed by atoms with van der Waals surface area (Å²) in [5, 5.41) is 3.53. The Kier molecular flexibility index (Phi) is 6.76. The van der Waals surface area contributed by atoms with Gasteiger partial charge in [-0.15, -0.1) is 0 Å². The van der Waals surface area contributed by atoms with E-state index in [9.17, 15) is 0 Å². The van der Waals surface area contributed by atoms with Crippen LogP contribution in [-0.2, 0) is 13.0 Å². The van der Waals surface area contributed by atoms with Crippen LogP contribution in [0.2, 0.25) is 0 Å². The van der Waals surface area contributed by atoms with Crippen molar-refractivity contribution in [3.8, 4) is 5.69 Å². The maximum atomic E-state index is 5.16. The first kappa shape index (κ1) is 26.8. The molecule has 1 aliphatic carbocycles. The Morgan fingerprint density at radius 3 is 2.16 bits per heavy atom. The highest BCUT2D eigenvalue weighted by Gasteiger charge is 2.23. The fraction of sp³-hybridized carbons (Fsp3) is 0.0750. The van der Waals surface area contributed by atoms with Crippen molar-refractivity contribution < 1.29 is 0 Å². The van der Waals surface area contributed by atoms with E-state index in [1.54, 1.807) is 0 Å². The largest absolute Gasteiger partial charge is 0.313 e. The lowest BCUT2D eigenvalue weighted by Gasteiger charge is -2.13. The van der Waals surface area contributed by atoms with Crippen molar-refractivity contribution in [2.45, 2.75) is 19.4 Å². The summed E-state index contributed by atoms with van der Waals surface area (Å²) in [5.41, 5.74) is 9.12. The second kappa shape index (κ2) is 11.4. The van der Waals surface area contributed by atoms with Crippen LogP contribution in [0, 0.1) is 0 Å². The molecule has 0 saturated carbocycles. The van der Waals surface area contributed by atoms with Gasteiger partial charge in [0, 0.05) is 38.7 Å². The summed E-state index contributed by atoms with van der Waals surface area (Å²) < 4.78 is 4.64. The van der Waals surface area contributed by atoms with Gasteiger partial charge in [-0.05, 0) is 55.5 Å². The van der Waals surface area contributed by atoms with Gasteiger partial charge < -0.3 is 4.57 Å². The van der Waals surface area contributed by atoms with E-state index in [2.05, 4.69) is 112 Å². The number of para-hydroxylation sites is 2. The molecule has 0 spiro atoms. The normalized spacial score (nSPS) is 13.5. The van der Waals surface area contributed by atoms with Crippen molar-refractivity contribution in [2.75, 3.05) is 0 Å². The molecule has 1 aliphatic rings. The summed E-state index contributed by atoms with van der Waals surface area (Å²) >= 11 is 0. The minimum absolute atomic E-state index is 0.484. The van der Waals surface area contributed by atoms with E-state index < -0.39 is 0 Å². The highest BCUT2D eigenvalue weighted by atomic mass is 15.2. The van der Waals surface area contributed by atoms with Crippen LogP contribution in [0.25, 0.3) is 44.5 Å². The summed E-state index contributed by atoms with van der Waals surface area (Å²) in [4.78, 5) is 14.6. The minimum atomic E-state index is 0.484. The van der Waals surface area contributed by atoms with Crippen LogP contribution in [0.15, 0.2) is 148 Å². The van der Waals surface area contributed by atoms with Gasteiger partial charge in [0.25, 0.3) is 0 Å². The fourth-order valence-electron chi connectivity index (χ4n) is 6.54. The first-order valence-corrected chi connectivity index (χ1v) is 15.3. The van der Waals surface area contributed by atoms with E-state index in [0.717, 1.165) is 45.8 Å². The molecule has 0 radical (unpaired) electrons. The number of aliphatic imine (C=N–C) groups is 3. The average Bonchev–Trinajstić information content (AvgIpc) is 3.61. The van der Waals surface area contributed by atoms with Crippen molar-refractivity contribution in [3.05, 3.63) is 156 Å². The van der Waals surface area contributed by atoms with Gasteiger partial charge in [0.15, 0.2) is 5.84 Å². The summed E-state index contributed by atoms with van der Waals surface area (Å²) in [6.45, 7) is 4.36. The molecule has 5 heteroatoms. The Labute approximate surface area is 261 Å². The van der Waals surface area contributed by atoms with Crippen LogP contribution in [0.1, 0.15) is 28.8 Å². The van der Waals surface area contributed by atoms with Crippen LogP contribution in [0.3, 0.4) is 0 Å². The molecular formula is C40H31N5. The Hall–Kier alpha value is -5.81. The molecule has 216 valence electrons. The minimum Gasteiger partial charge on any atom is -0.313 e. The second-order valence-corrected chi connectivity index (χ2v) is 11.3. The number of nitrogens with zero attached hydrogens (tertiary/aromatic N) is 5. The van der Waals surface area contributed by atoms with Gasteiger partial charge in [-0.1, -0.05) is 109 Å². The van der Waals surface area contributed by atoms with Gasteiger partial charge in [-0.2, -0.15) is 4.99 Å². The number of hydrogen-bond donors (Lipinski definition) is 0. The molecule has 0 atom stereocenters. The van der Waals surface area contributed by atoms with Crippen molar-refractivity contribution in [1.29, 1.82) is 0 Å². The smallest absolute Gasteiger partial charge is 0.232 e. The van der Waals surface area contributed by atoms with E-state index in [1.807, 2.05) is 48.5 Å². The topological polar surface area (TPSA) is 46.9 Å². The standard InChI is InChI=1S/C40H31N5/c1-41-39(29-17-7-3-8-18-29)43-40(42-27-28-15-5-2-6-16-28)45-36-24-14-12-22-32(36)34-25-37-33(26-38(34)45)31-21-11-13-23-35(31)44(37)30-19-9-4-10-20-30/h2-12,14-22,24-26H,1,13,23,27H2. The molecule has 5 nitrogen and oxygen atoms in total. The number of benzene rings is 5. The molecule has 0 aliphatic heterocycles. The number of aromatic nitrogens is 2. The highest BCUT2D eigenvalue weighted by molar-refractivity contribution is 6.19. The molecule has 2 aromatic heterocycles. The number of amidine groups is 1. The molecule has 0 fully saturated rings. The third-order valence-corrected chi connectivity index (χ3v) is 8.58. The van der Waals surface area contributed by atoms with Gasteiger partial charge in [-0.25, -0.2) is 9.98 Å². The van der Waals surface area contributed by atoms with Crippen molar-refractivity contribution in [3.63, 3.8) is 0 Å². The monoisotopic (exact) mass is 581 g/mol. The van der Waals surface area contributed by atoms with Gasteiger partial charge in [-0.3, -0.25) is 4.57 Å². The summed E-state index contributed by atoms with van der Waals surface area (Å²) in [6, 6.07) is 44.2. The lowest BCUT2D eigenvalue weighted by Crippen LogP contribution is -2.13. The Morgan fingerprint density at radius 2 is 1.38 bits per heavy atom. The van der Waals surface area contributed by atoms with Crippen molar-refractivity contribution in [1.82, 2.24) is 9.13 Å². The highest BCUT2D eigenvalue weighted by Crippen LogP contribution is 2.39. The van der Waals surface area contributed by atoms with E-state index in [-0.39, 0.29) is 0 Å². The van der Waals surface area contributed by atoms with Crippen LogP contribution < -0.4 is 0 Å². The predicted octanol–water partition coefficient (Wildman–Crippen LogP) is 9.25. The van der Waals surface area contributed by atoms with Gasteiger partial charge in [0.2, 0.25) is 5.96 Å². The van der Waals surface area contributed by atoms with E-state index in [4.69, 9.17) is 9.98 Å². The summed E-state index contributed by atoms with van der Waals surface area (Å²) in [6.07, 6.45) is 6.61. The van der Waals surface area contributed by atoms with Crippen molar-refractivity contribution in [2.24, 2.45) is 15.0 Å². The summed E-state index contributed by atoms with van der Waals surface area (Å²) in [5.74, 6) is 1.10. The van der Waals surface area contributed by atoms with Gasteiger partial charge in [0.1, 0.15) is 0 Å². The number of fused-ring (bicyclic) bond motifs is 6. The lowest BCUT2D eigenvalue weighted by molar-refractivity contribution is 0.889. The van der Waals surface area contributed by atoms with Crippen LogP contribution in [0.5, 0.6) is 0 Å². The average molecular weight is 582 g/mol. The van der Waals surface area contributed by atoms with E-state index >= 15 is 0 Å². The zero-order chi connectivity index (χ0) is 30.2.